The van der Waals surface area contributed by atoms with Crippen LogP contribution in [0.2, 0.25) is 0 Å². The number of sulfone groups is 1. The molecule has 1 aliphatic heterocycles. The van der Waals surface area contributed by atoms with E-state index in [0.29, 0.717) is 36.8 Å². The van der Waals surface area contributed by atoms with Crippen molar-refractivity contribution in [3.05, 3.63) is 96.1 Å². The zero-order valence-corrected chi connectivity index (χ0v) is 23.1. The molecule has 0 aromatic heterocycles. The van der Waals surface area contributed by atoms with E-state index in [1.807, 2.05) is 30.3 Å². The lowest BCUT2D eigenvalue weighted by atomic mass is 9.85. The highest BCUT2D eigenvalue weighted by molar-refractivity contribution is 7.91. The third-order valence-corrected chi connectivity index (χ3v) is 8.97. The van der Waals surface area contributed by atoms with Crippen LogP contribution in [-0.2, 0) is 19.4 Å². The zero-order valence-electron chi connectivity index (χ0n) is 22.2. The van der Waals surface area contributed by atoms with Crippen molar-refractivity contribution in [2.75, 3.05) is 25.5 Å². The van der Waals surface area contributed by atoms with Crippen LogP contribution in [0, 0.1) is 5.92 Å². The molecule has 9 heteroatoms. The third kappa shape index (κ3) is 6.37. The molecular formula is C31H34N2O6S. The molecule has 40 heavy (non-hydrogen) atoms. The fourth-order valence-electron chi connectivity index (χ4n) is 4.75. The maximum absolute atomic E-state index is 14.0. The molecular weight excluding hydrogens is 528 g/mol. The first-order valence-corrected chi connectivity index (χ1v) is 15.3. The Morgan fingerprint density at radius 3 is 2.33 bits per heavy atom. The maximum atomic E-state index is 14.0. The summed E-state index contributed by atoms with van der Waals surface area (Å²) in [5, 5.41) is 12.0. The van der Waals surface area contributed by atoms with Gasteiger partial charge in [-0.2, -0.15) is 0 Å². The number of hydrogen-bond acceptors (Lipinski definition) is 7. The number of nitrogens with one attached hydrogen (secondary N) is 1. The molecule has 8 nitrogen and oxygen atoms in total. The Morgan fingerprint density at radius 1 is 1.00 bits per heavy atom. The Balaban J connectivity index is 1.50. The van der Waals surface area contributed by atoms with Crippen LogP contribution in [0.5, 0.6) is 5.75 Å². The predicted octanol–water partition coefficient (Wildman–Crippen LogP) is 4.09. The molecule has 1 fully saturated rings. The van der Waals surface area contributed by atoms with Crippen LogP contribution in [0.1, 0.15) is 42.9 Å². The van der Waals surface area contributed by atoms with E-state index in [0.717, 1.165) is 18.4 Å². The molecule has 1 amide bonds. The first kappa shape index (κ1) is 27.9. The number of carbonyl (C=O) groups excluding carboxylic acids is 1. The summed E-state index contributed by atoms with van der Waals surface area (Å²) in [7, 11) is -3.68. The van der Waals surface area contributed by atoms with E-state index in [-0.39, 0.29) is 35.5 Å². The number of aliphatic hydroxyl groups excluding tert-OH is 1. The summed E-state index contributed by atoms with van der Waals surface area (Å²) in [6.07, 6.45) is 1.80. The lowest BCUT2D eigenvalue weighted by Crippen LogP contribution is -2.49. The molecule has 0 radical (unpaired) electrons. The Kier molecular flexibility index (Phi) is 8.52. The fraction of sp³-hybridized carbons (Fsp3) is 0.355. The van der Waals surface area contributed by atoms with Gasteiger partial charge in [0.15, 0.2) is 21.5 Å². The number of carbonyl (C=O) groups is 1. The first-order chi connectivity index (χ1) is 19.4. The smallest absolute Gasteiger partial charge is 0.252 e. The Hall–Kier alpha value is -3.69. The molecule has 2 N–H and O–H groups in total. The standard InChI is InChI=1S/C31H34N2O6S/c34-19-7-20-38-26-16-14-25(15-17-26)29-33-31(30(35)32-22-23-12-13-23,28(39-29)24-8-3-1-4-9-24)18-21-40(36,37)27-10-5-2-6-11-27/h1-6,8-11,14-17,23,28,34H,7,12-13,18-22H2,(H,32,35)/t28-,31-/m1/s1. The maximum Gasteiger partial charge on any atom is 0.252 e. The summed E-state index contributed by atoms with van der Waals surface area (Å²) in [5.41, 5.74) is -0.0916. The lowest BCUT2D eigenvalue weighted by molar-refractivity contribution is -0.129. The van der Waals surface area contributed by atoms with Crippen molar-refractivity contribution < 1.29 is 27.8 Å². The van der Waals surface area contributed by atoms with E-state index in [1.165, 1.54) is 0 Å². The van der Waals surface area contributed by atoms with Gasteiger partial charge in [0.2, 0.25) is 5.90 Å². The van der Waals surface area contributed by atoms with Gasteiger partial charge in [-0.25, -0.2) is 13.4 Å². The van der Waals surface area contributed by atoms with Crippen molar-refractivity contribution in [2.45, 2.75) is 42.2 Å². The van der Waals surface area contributed by atoms with Gasteiger partial charge in [0, 0.05) is 31.6 Å². The topological polar surface area (TPSA) is 114 Å². The highest BCUT2D eigenvalue weighted by Gasteiger charge is 2.53. The predicted molar refractivity (Wildman–Crippen MR) is 152 cm³/mol. The molecule has 1 heterocycles. The minimum absolute atomic E-state index is 0.0495. The SMILES string of the molecule is O=C(NCC1CC1)[C@]1(CCS(=O)(=O)c2ccccc2)N=C(c2ccc(OCCCO)cc2)O[C@@H]1c1ccccc1. The van der Waals surface area contributed by atoms with Crippen LogP contribution in [0.4, 0.5) is 0 Å². The third-order valence-electron chi connectivity index (χ3n) is 7.23. The number of rotatable bonds is 13. The molecule has 2 aliphatic rings. The number of benzene rings is 3. The van der Waals surface area contributed by atoms with E-state index >= 15 is 0 Å². The van der Waals surface area contributed by atoms with Crippen molar-refractivity contribution in [1.29, 1.82) is 0 Å². The number of aliphatic hydroxyl groups is 1. The van der Waals surface area contributed by atoms with Crippen LogP contribution in [-0.4, -0.2) is 56.4 Å². The summed E-state index contributed by atoms with van der Waals surface area (Å²) in [5.74, 6) is 0.741. The molecule has 0 unspecified atom stereocenters. The Morgan fingerprint density at radius 2 is 1.68 bits per heavy atom. The molecule has 3 aromatic rings. The van der Waals surface area contributed by atoms with Crippen molar-refractivity contribution in [3.8, 4) is 5.75 Å². The van der Waals surface area contributed by atoms with E-state index in [2.05, 4.69) is 5.32 Å². The minimum atomic E-state index is -3.68. The van der Waals surface area contributed by atoms with E-state index in [1.54, 1.807) is 54.6 Å². The average molecular weight is 563 g/mol. The van der Waals surface area contributed by atoms with Gasteiger partial charge < -0.3 is 19.9 Å². The largest absolute Gasteiger partial charge is 0.494 e. The fourth-order valence-corrected chi connectivity index (χ4v) is 6.13. The molecule has 210 valence electrons. The molecule has 1 aliphatic carbocycles. The molecule has 3 aromatic carbocycles. The van der Waals surface area contributed by atoms with Crippen LogP contribution < -0.4 is 10.1 Å². The minimum Gasteiger partial charge on any atom is -0.494 e. The summed E-state index contributed by atoms with van der Waals surface area (Å²) in [6, 6.07) is 24.8. The van der Waals surface area contributed by atoms with Crippen LogP contribution in [0.15, 0.2) is 94.8 Å². The zero-order chi connectivity index (χ0) is 28.0. The molecule has 0 bridgehead atoms. The number of hydrogen-bond donors (Lipinski definition) is 2. The number of aliphatic imine (C=N–C) groups is 1. The first-order valence-electron chi connectivity index (χ1n) is 13.6. The van der Waals surface area contributed by atoms with Crippen LogP contribution >= 0.6 is 0 Å². The van der Waals surface area contributed by atoms with Gasteiger partial charge >= 0.3 is 0 Å². The van der Waals surface area contributed by atoms with Crippen LogP contribution in [0.3, 0.4) is 0 Å². The number of ether oxygens (including phenoxy) is 2. The van der Waals surface area contributed by atoms with Crippen LogP contribution in [0.25, 0.3) is 0 Å². The van der Waals surface area contributed by atoms with Gasteiger partial charge in [-0.05, 0) is 60.7 Å². The Labute approximate surface area is 235 Å². The summed E-state index contributed by atoms with van der Waals surface area (Å²) in [6.45, 7) is 0.969. The van der Waals surface area contributed by atoms with E-state index in [4.69, 9.17) is 19.6 Å². The van der Waals surface area contributed by atoms with Crippen molar-refractivity contribution in [2.24, 2.45) is 10.9 Å². The second-order valence-electron chi connectivity index (χ2n) is 10.2. The monoisotopic (exact) mass is 562 g/mol. The second kappa shape index (κ2) is 12.2. The van der Waals surface area contributed by atoms with Crippen molar-refractivity contribution >= 4 is 21.6 Å². The molecule has 5 rings (SSSR count). The Bertz CT molecular complexity index is 1420. The normalized spacial score (nSPS) is 20.4. The summed E-state index contributed by atoms with van der Waals surface area (Å²) < 4.78 is 38.7. The molecule has 1 saturated carbocycles. The second-order valence-corrected chi connectivity index (χ2v) is 12.3. The van der Waals surface area contributed by atoms with Gasteiger partial charge in [0.25, 0.3) is 5.91 Å². The highest BCUT2D eigenvalue weighted by atomic mass is 32.2. The number of amides is 1. The van der Waals surface area contributed by atoms with Crippen molar-refractivity contribution in [3.63, 3.8) is 0 Å². The van der Waals surface area contributed by atoms with E-state index in [9.17, 15) is 13.2 Å². The molecule has 0 saturated heterocycles. The quantitative estimate of drug-likeness (QED) is 0.303. The highest BCUT2D eigenvalue weighted by Crippen LogP contribution is 2.43. The number of nitrogens with zero attached hydrogens (tertiary/aromatic N) is 1. The average Bonchev–Trinajstić information content (AvgIpc) is 3.74. The molecule has 2 atom stereocenters. The van der Waals surface area contributed by atoms with Gasteiger partial charge in [-0.3, -0.25) is 4.79 Å². The van der Waals surface area contributed by atoms with Gasteiger partial charge in [-0.1, -0.05) is 48.5 Å². The summed E-state index contributed by atoms with van der Waals surface area (Å²) in [4.78, 5) is 19.1. The van der Waals surface area contributed by atoms with Gasteiger partial charge in [-0.15, -0.1) is 0 Å². The molecule has 0 spiro atoms. The summed E-state index contributed by atoms with van der Waals surface area (Å²) >= 11 is 0. The van der Waals surface area contributed by atoms with Crippen molar-refractivity contribution in [1.82, 2.24) is 5.32 Å². The lowest BCUT2D eigenvalue weighted by Gasteiger charge is -2.30. The van der Waals surface area contributed by atoms with E-state index < -0.39 is 21.5 Å². The van der Waals surface area contributed by atoms with Gasteiger partial charge in [0.1, 0.15) is 5.75 Å². The van der Waals surface area contributed by atoms with Gasteiger partial charge in [0.05, 0.1) is 17.3 Å².